The van der Waals surface area contributed by atoms with Gasteiger partial charge in [0.05, 0.1) is 12.7 Å². The maximum Gasteiger partial charge on any atom is 1.00 e. The number of hydrogen-bond donors (Lipinski definition) is 1. The predicted molar refractivity (Wildman–Crippen MR) is 137 cm³/mol. The number of nitrogen functional groups attached to an aromatic ring is 1. The number of nitrogens with two attached hydrogens (primary N) is 1. The summed E-state index contributed by atoms with van der Waals surface area (Å²) >= 11 is 0. The van der Waals surface area contributed by atoms with Gasteiger partial charge in [-0.05, 0) is 39.8 Å². The van der Waals surface area contributed by atoms with Gasteiger partial charge in [0.25, 0.3) is 0 Å². The van der Waals surface area contributed by atoms with E-state index in [1.54, 1.807) is 12.1 Å². The Morgan fingerprint density at radius 2 is 1.86 bits per heavy atom. The molecule has 2 N–H and O–H groups in total. The van der Waals surface area contributed by atoms with Gasteiger partial charge in [0.15, 0.2) is 0 Å². The fourth-order valence-corrected chi connectivity index (χ4v) is 3.31. The van der Waals surface area contributed by atoms with E-state index in [1.807, 2.05) is 32.0 Å². The van der Waals surface area contributed by atoms with Crippen molar-refractivity contribution in [2.24, 2.45) is 0 Å². The second-order valence-corrected chi connectivity index (χ2v) is 8.38. The van der Waals surface area contributed by atoms with Crippen molar-refractivity contribution in [3.8, 4) is 5.75 Å². The first-order valence-electron chi connectivity index (χ1n) is 11.4. The Morgan fingerprint density at radius 1 is 1.17 bits per heavy atom. The Balaban J connectivity index is 0.000000626. The van der Waals surface area contributed by atoms with Gasteiger partial charge < -0.3 is 20.6 Å². The number of ether oxygens (including phenoxy) is 2. The first-order chi connectivity index (χ1) is 15.8. The Bertz CT molecular complexity index is 913. The maximum atomic E-state index is 9.75. The van der Waals surface area contributed by atoms with E-state index in [4.69, 9.17) is 15.2 Å². The second-order valence-electron chi connectivity index (χ2n) is 8.38. The van der Waals surface area contributed by atoms with E-state index >= 15 is 0 Å². The molecule has 1 aliphatic rings. The van der Waals surface area contributed by atoms with E-state index < -0.39 is 0 Å². The van der Waals surface area contributed by atoms with Gasteiger partial charge in [0.1, 0.15) is 0 Å². The van der Waals surface area contributed by atoms with Crippen LogP contribution in [0.4, 0.5) is 5.69 Å². The zero-order chi connectivity index (χ0) is 24.2. The smallest absolute Gasteiger partial charge is 0.857 e. The number of likely N-dealkylation sites (tertiary alicyclic amines) is 1. The summed E-state index contributed by atoms with van der Waals surface area (Å²) in [6, 6.07) is 12.0. The summed E-state index contributed by atoms with van der Waals surface area (Å²) < 4.78 is 11.0. The third-order valence-corrected chi connectivity index (χ3v) is 5.34. The monoisotopic (exact) mass is 524 g/mol. The molecule has 2 aromatic carbocycles. The SMILES string of the molecule is C=[C-]c1cc(C(=[N-])COC(C)C)[c-]cc1N.[CH2-]c1ccc(OCCN2CCCCC2)cc1[CH2-].[K+].[K+]. The van der Waals surface area contributed by atoms with Crippen LogP contribution in [0, 0.1) is 26.0 Å². The fraction of sp³-hybridized carbons (Fsp3) is 0.393. The van der Waals surface area contributed by atoms with Crippen molar-refractivity contribution in [1.29, 1.82) is 0 Å². The number of anilines is 1. The van der Waals surface area contributed by atoms with Gasteiger partial charge in [-0.3, -0.25) is 29.9 Å². The standard InChI is InChI=1S/C15H21NO.C13H15N2O.2K/c1-13-6-7-15(12-14(13)2)17-11-10-16-8-4-3-5-9-16;1-4-10-7-11(5-6-12(10)14)13(15)8-16-9(2)3;;/h6-7,12H,1-5,8-11H2;6-7,9H,1,8,14H2,2-3H3;;/q-2;-3;2*+1. The van der Waals surface area contributed by atoms with Gasteiger partial charge in [-0.25, -0.2) is 11.8 Å². The quantitative estimate of drug-likeness (QED) is 0.200. The van der Waals surface area contributed by atoms with Crippen LogP contribution in [0.3, 0.4) is 0 Å². The van der Waals surface area contributed by atoms with E-state index in [0.717, 1.165) is 30.0 Å². The van der Waals surface area contributed by atoms with E-state index in [2.05, 4.69) is 37.5 Å². The van der Waals surface area contributed by atoms with Crippen LogP contribution in [-0.4, -0.2) is 49.6 Å². The average molecular weight is 525 g/mol. The molecule has 1 aliphatic heterocycles. The molecular weight excluding hydrogens is 489 g/mol. The van der Waals surface area contributed by atoms with E-state index in [1.165, 1.54) is 32.4 Å². The molecule has 35 heavy (non-hydrogen) atoms. The molecule has 0 saturated carbocycles. The molecule has 0 amide bonds. The average Bonchev–Trinajstić information content (AvgIpc) is 2.81. The molecule has 1 saturated heterocycles. The molecule has 3 rings (SSSR count). The van der Waals surface area contributed by atoms with Crippen LogP contribution >= 0.6 is 0 Å². The van der Waals surface area contributed by atoms with Gasteiger partial charge >= 0.3 is 103 Å². The minimum Gasteiger partial charge on any atom is -0.857 e. The molecular formula is C28H36K2N3O2-3. The first kappa shape index (κ1) is 35.4. The number of rotatable bonds is 9. The fourth-order valence-electron chi connectivity index (χ4n) is 3.31. The first-order valence-corrected chi connectivity index (χ1v) is 11.4. The summed E-state index contributed by atoms with van der Waals surface area (Å²) in [6.45, 7) is 19.5. The number of benzene rings is 2. The number of nitrogens with zero attached hydrogens (tertiary/aromatic N) is 2. The van der Waals surface area contributed by atoms with Gasteiger partial charge in [-0.2, -0.15) is 24.3 Å². The Labute approximate surface area is 297 Å². The molecule has 0 radical (unpaired) electrons. The topological polar surface area (TPSA) is 70.0 Å². The van der Waals surface area contributed by atoms with Crippen LogP contribution in [0.5, 0.6) is 5.75 Å². The molecule has 0 aliphatic carbocycles. The van der Waals surface area contributed by atoms with Gasteiger partial charge in [-0.1, -0.05) is 12.1 Å². The second kappa shape index (κ2) is 19.5. The zero-order valence-corrected chi connectivity index (χ0v) is 28.3. The van der Waals surface area contributed by atoms with Crippen LogP contribution in [0.15, 0.2) is 36.9 Å². The normalized spacial score (nSPS) is 13.0. The molecule has 7 heteroatoms. The van der Waals surface area contributed by atoms with Gasteiger partial charge in [0.2, 0.25) is 0 Å². The van der Waals surface area contributed by atoms with Crippen molar-refractivity contribution < 1.29 is 112 Å². The Hall–Kier alpha value is 0.383. The molecule has 5 nitrogen and oxygen atoms in total. The summed E-state index contributed by atoms with van der Waals surface area (Å²) in [4.78, 5) is 2.48. The molecule has 0 aromatic heterocycles. The molecule has 0 spiro atoms. The van der Waals surface area contributed by atoms with Crippen molar-refractivity contribution >= 4 is 11.4 Å². The van der Waals surface area contributed by atoms with Crippen LogP contribution in [0.2, 0.25) is 0 Å². The summed E-state index contributed by atoms with van der Waals surface area (Å²) in [5, 5.41) is 9.75. The van der Waals surface area contributed by atoms with Crippen LogP contribution < -0.4 is 113 Å². The zero-order valence-electron chi connectivity index (χ0n) is 22.0. The summed E-state index contributed by atoms with van der Waals surface area (Å²) in [5.74, 6) is 0.902. The van der Waals surface area contributed by atoms with Gasteiger partial charge in [0, 0.05) is 18.9 Å². The number of piperidine rings is 1. The van der Waals surface area contributed by atoms with Crippen molar-refractivity contribution in [3.05, 3.63) is 90.6 Å². The molecule has 2 aromatic rings. The van der Waals surface area contributed by atoms with Gasteiger partial charge in [-0.15, -0.1) is 29.8 Å². The van der Waals surface area contributed by atoms with Crippen molar-refractivity contribution in [2.45, 2.75) is 39.2 Å². The largest absolute Gasteiger partial charge is 1.00 e. The van der Waals surface area contributed by atoms with E-state index in [0.29, 0.717) is 16.8 Å². The summed E-state index contributed by atoms with van der Waals surface area (Å²) in [7, 11) is 0. The molecule has 0 unspecified atom stereocenters. The summed E-state index contributed by atoms with van der Waals surface area (Å²) in [5.41, 5.74) is 9.46. The van der Waals surface area contributed by atoms with Crippen LogP contribution in [0.1, 0.15) is 55.4 Å². The number of hydrogen-bond acceptors (Lipinski definition) is 4. The Morgan fingerprint density at radius 3 is 2.46 bits per heavy atom. The van der Waals surface area contributed by atoms with E-state index in [9.17, 15) is 5.41 Å². The van der Waals surface area contributed by atoms with Crippen LogP contribution in [-0.2, 0) is 4.74 Å². The maximum absolute atomic E-state index is 9.75. The third kappa shape index (κ3) is 13.7. The minimum atomic E-state index is 0. The van der Waals surface area contributed by atoms with Crippen molar-refractivity contribution in [2.75, 3.05) is 38.6 Å². The summed E-state index contributed by atoms with van der Waals surface area (Å²) in [6.07, 6.45) is 6.81. The van der Waals surface area contributed by atoms with Crippen LogP contribution in [0.25, 0.3) is 5.41 Å². The third-order valence-electron chi connectivity index (χ3n) is 5.34. The molecule has 180 valence electrons. The predicted octanol–water partition coefficient (Wildman–Crippen LogP) is -0.887. The minimum absolute atomic E-state index is 0. The Kier molecular flexibility index (Phi) is 19.7. The van der Waals surface area contributed by atoms with E-state index in [-0.39, 0.29) is 121 Å². The molecule has 1 fully saturated rings. The van der Waals surface area contributed by atoms with Crippen molar-refractivity contribution in [3.63, 3.8) is 0 Å². The molecule has 0 bridgehead atoms. The molecule has 1 heterocycles. The molecule has 0 atom stereocenters. The van der Waals surface area contributed by atoms with Crippen molar-refractivity contribution in [1.82, 2.24) is 4.90 Å².